The van der Waals surface area contributed by atoms with Crippen LogP contribution in [0.15, 0.2) is 12.5 Å². The van der Waals surface area contributed by atoms with E-state index in [-0.39, 0.29) is 12.5 Å². The maximum atomic E-state index is 13.3. The number of aryl methyl sites for hydroxylation is 1. The van der Waals surface area contributed by atoms with Crippen molar-refractivity contribution in [3.63, 3.8) is 0 Å². The summed E-state index contributed by atoms with van der Waals surface area (Å²) in [6.45, 7) is 3.94. The maximum Gasteiger partial charge on any atom is 0.414 e. The van der Waals surface area contributed by atoms with Crippen molar-refractivity contribution in [3.05, 3.63) is 18.2 Å². The number of carbonyl (C=O) groups is 3. The third-order valence-electron chi connectivity index (χ3n) is 5.92. The summed E-state index contributed by atoms with van der Waals surface area (Å²) in [5.74, 6) is -1.91. The number of hydrogen-bond donors (Lipinski definition) is 1. The van der Waals surface area contributed by atoms with Crippen LogP contribution in [0.3, 0.4) is 0 Å². The van der Waals surface area contributed by atoms with Crippen molar-refractivity contribution in [1.82, 2.24) is 14.5 Å². The van der Waals surface area contributed by atoms with Gasteiger partial charge in [0.1, 0.15) is 0 Å². The number of imide groups is 1. The number of esters is 1. The fourth-order valence-electron chi connectivity index (χ4n) is 4.39. The Balaban J connectivity index is 2.52. The van der Waals surface area contributed by atoms with E-state index in [0.717, 1.165) is 23.4 Å². The largest absolute Gasteiger partial charge is 0.469 e. The van der Waals surface area contributed by atoms with E-state index in [4.69, 9.17) is 4.74 Å². The third kappa shape index (κ3) is 3.70. The SMILES string of the molecule is CCCCC(C(=O)OC)[C@]1(CC)C(=O)N(C(=O)O)C[C@@H]1Cc1cncn1C. The summed E-state index contributed by atoms with van der Waals surface area (Å²) in [5, 5.41) is 9.53. The van der Waals surface area contributed by atoms with Gasteiger partial charge in [-0.1, -0.05) is 26.7 Å². The number of ether oxygens (including phenoxy) is 1. The first-order valence-electron chi connectivity index (χ1n) is 9.41. The number of aromatic nitrogens is 2. The van der Waals surface area contributed by atoms with Crippen molar-refractivity contribution in [2.75, 3.05) is 13.7 Å². The number of nitrogens with zero attached hydrogens (tertiary/aromatic N) is 3. The number of imidazole rings is 1. The van der Waals surface area contributed by atoms with Gasteiger partial charge >= 0.3 is 12.1 Å². The Morgan fingerprint density at radius 3 is 2.63 bits per heavy atom. The number of carbonyl (C=O) groups excluding carboxylic acids is 2. The summed E-state index contributed by atoms with van der Waals surface area (Å²) in [7, 11) is 3.17. The van der Waals surface area contributed by atoms with Crippen LogP contribution in [-0.4, -0.2) is 51.2 Å². The summed E-state index contributed by atoms with van der Waals surface area (Å²) in [6.07, 6.45) is 5.09. The molecule has 1 unspecified atom stereocenters. The van der Waals surface area contributed by atoms with Gasteiger partial charge in [-0.05, 0) is 25.2 Å². The molecule has 1 aromatic rings. The number of unbranched alkanes of at least 4 members (excludes halogenated alkanes) is 1. The van der Waals surface area contributed by atoms with Gasteiger partial charge in [-0.3, -0.25) is 9.59 Å². The standard InChI is InChI=1S/C19H29N3O5/c1-5-7-8-15(16(23)27-4)19(6-2)13(9-14-10-20-12-21(14)3)11-22(17(19)24)18(25)26/h10,12-13,15H,5-9,11H2,1-4H3,(H,25,26)/t13-,15?,19+/m0/s1. The van der Waals surface area contributed by atoms with E-state index in [1.165, 1.54) is 7.11 Å². The van der Waals surface area contributed by atoms with Crippen molar-refractivity contribution in [3.8, 4) is 0 Å². The minimum atomic E-state index is -1.27. The molecular weight excluding hydrogens is 350 g/mol. The third-order valence-corrected chi connectivity index (χ3v) is 5.92. The monoisotopic (exact) mass is 379 g/mol. The van der Waals surface area contributed by atoms with Gasteiger partial charge in [0.2, 0.25) is 5.91 Å². The van der Waals surface area contributed by atoms with E-state index in [0.29, 0.717) is 19.3 Å². The summed E-state index contributed by atoms with van der Waals surface area (Å²) in [6, 6.07) is 0. The molecule has 3 atom stereocenters. The molecule has 0 bridgehead atoms. The highest BCUT2D eigenvalue weighted by Gasteiger charge is 2.60. The highest BCUT2D eigenvalue weighted by Crippen LogP contribution is 2.50. The van der Waals surface area contributed by atoms with E-state index in [1.807, 2.05) is 25.5 Å². The van der Waals surface area contributed by atoms with Crippen molar-refractivity contribution in [2.45, 2.75) is 46.0 Å². The highest BCUT2D eigenvalue weighted by atomic mass is 16.5. The fourth-order valence-corrected chi connectivity index (χ4v) is 4.39. The van der Waals surface area contributed by atoms with Crippen molar-refractivity contribution >= 4 is 18.0 Å². The summed E-state index contributed by atoms with van der Waals surface area (Å²) in [5.41, 5.74) is -0.192. The number of methoxy groups -OCH3 is 1. The predicted molar refractivity (Wildman–Crippen MR) is 97.9 cm³/mol. The molecule has 1 aliphatic rings. The molecular formula is C19H29N3O5. The summed E-state index contributed by atoms with van der Waals surface area (Å²) < 4.78 is 6.88. The molecule has 1 N–H and O–H groups in total. The average Bonchev–Trinajstić information content (AvgIpc) is 3.17. The van der Waals surface area contributed by atoms with E-state index >= 15 is 0 Å². The number of hydrogen-bond acceptors (Lipinski definition) is 5. The zero-order chi connectivity index (χ0) is 20.2. The maximum absolute atomic E-state index is 13.3. The predicted octanol–water partition coefficient (Wildman–Crippen LogP) is 2.47. The second-order valence-corrected chi connectivity index (χ2v) is 7.21. The van der Waals surface area contributed by atoms with Gasteiger partial charge in [-0.25, -0.2) is 14.7 Å². The molecule has 1 fully saturated rings. The molecule has 8 nitrogen and oxygen atoms in total. The van der Waals surface area contributed by atoms with Crippen LogP contribution in [0.25, 0.3) is 0 Å². The molecule has 1 aromatic heterocycles. The Bertz CT molecular complexity index is 701. The molecule has 0 aromatic carbocycles. The molecule has 0 spiro atoms. The lowest BCUT2D eigenvalue weighted by atomic mass is 9.63. The van der Waals surface area contributed by atoms with Crippen molar-refractivity contribution in [1.29, 1.82) is 0 Å². The lowest BCUT2D eigenvalue weighted by Gasteiger charge is -2.37. The molecule has 27 heavy (non-hydrogen) atoms. The van der Waals surface area contributed by atoms with E-state index < -0.39 is 29.3 Å². The quantitative estimate of drug-likeness (QED) is 0.696. The summed E-state index contributed by atoms with van der Waals surface area (Å²) >= 11 is 0. The van der Waals surface area contributed by atoms with Crippen LogP contribution in [0.1, 0.15) is 45.2 Å². The van der Waals surface area contributed by atoms with Crippen LogP contribution < -0.4 is 0 Å². The molecule has 0 aliphatic carbocycles. The molecule has 2 heterocycles. The minimum Gasteiger partial charge on any atom is -0.469 e. The highest BCUT2D eigenvalue weighted by molar-refractivity contribution is 5.99. The second kappa shape index (κ2) is 8.54. The Morgan fingerprint density at radius 2 is 2.15 bits per heavy atom. The Labute approximate surface area is 159 Å². The number of carboxylic acid groups (broad SMARTS) is 1. The molecule has 150 valence electrons. The van der Waals surface area contributed by atoms with E-state index in [1.54, 1.807) is 12.5 Å². The van der Waals surface area contributed by atoms with Gasteiger partial charge in [0.05, 0.1) is 24.8 Å². The van der Waals surface area contributed by atoms with Crippen LogP contribution >= 0.6 is 0 Å². The van der Waals surface area contributed by atoms with Crippen LogP contribution in [0.5, 0.6) is 0 Å². The molecule has 1 aliphatic heterocycles. The van der Waals surface area contributed by atoms with Crippen molar-refractivity contribution < 1.29 is 24.2 Å². The van der Waals surface area contributed by atoms with Gasteiger partial charge < -0.3 is 14.4 Å². The Morgan fingerprint density at radius 1 is 1.44 bits per heavy atom. The molecule has 0 radical (unpaired) electrons. The smallest absolute Gasteiger partial charge is 0.414 e. The number of rotatable bonds is 8. The second-order valence-electron chi connectivity index (χ2n) is 7.21. The number of likely N-dealkylation sites (tertiary alicyclic amines) is 1. The topological polar surface area (TPSA) is 102 Å². The first-order chi connectivity index (χ1) is 12.8. The van der Waals surface area contributed by atoms with Crippen molar-refractivity contribution in [2.24, 2.45) is 24.3 Å². The Kier molecular flexibility index (Phi) is 6.62. The fraction of sp³-hybridized carbons (Fsp3) is 0.684. The number of amides is 2. The van der Waals surface area contributed by atoms with Crippen LogP contribution in [-0.2, 0) is 27.8 Å². The zero-order valence-electron chi connectivity index (χ0n) is 16.5. The molecule has 2 rings (SSSR count). The average molecular weight is 379 g/mol. The first kappa shape index (κ1) is 20.9. The normalized spacial score (nSPS) is 23.5. The van der Waals surface area contributed by atoms with Gasteiger partial charge in [-0.15, -0.1) is 0 Å². The zero-order valence-corrected chi connectivity index (χ0v) is 16.5. The first-order valence-corrected chi connectivity index (χ1v) is 9.41. The lowest BCUT2D eigenvalue weighted by molar-refractivity contribution is -0.158. The minimum absolute atomic E-state index is 0.0762. The van der Waals surface area contributed by atoms with E-state index in [9.17, 15) is 19.5 Å². The molecule has 2 amide bonds. The van der Waals surface area contributed by atoms with E-state index in [2.05, 4.69) is 4.98 Å². The molecule has 1 saturated heterocycles. The van der Waals surface area contributed by atoms with Crippen LogP contribution in [0, 0.1) is 17.3 Å². The van der Waals surface area contributed by atoms with Crippen LogP contribution in [0.4, 0.5) is 4.79 Å². The molecule has 0 saturated carbocycles. The molecule has 8 heteroatoms. The van der Waals surface area contributed by atoms with Crippen LogP contribution in [0.2, 0.25) is 0 Å². The van der Waals surface area contributed by atoms with Gasteiger partial charge in [0.25, 0.3) is 0 Å². The van der Waals surface area contributed by atoms with Gasteiger partial charge in [-0.2, -0.15) is 0 Å². The lowest BCUT2D eigenvalue weighted by Crippen LogP contribution is -2.47. The summed E-state index contributed by atoms with van der Waals surface area (Å²) in [4.78, 5) is 42.6. The van der Waals surface area contributed by atoms with Gasteiger partial charge in [0, 0.05) is 25.5 Å². The van der Waals surface area contributed by atoms with Gasteiger partial charge in [0.15, 0.2) is 0 Å². The Hall–Kier alpha value is -2.38.